The largest absolute Gasteiger partial charge is 0.382 e. The number of pyridine rings is 1. The lowest BCUT2D eigenvalue weighted by atomic mass is 9.85. The van der Waals surface area contributed by atoms with Crippen molar-refractivity contribution in [3.05, 3.63) is 53.0 Å². The highest BCUT2D eigenvalue weighted by molar-refractivity contribution is 5.79. The van der Waals surface area contributed by atoms with E-state index in [9.17, 15) is 4.79 Å². The second kappa shape index (κ2) is 9.97. The SMILES string of the molecule is Cc1cc(C)c2nc(C)n(Cc3ccc(N[C@H]4CC[C@@H](C(=O)N5CCN(C)CC5)CC4)cc3)c2n1. The number of rotatable bonds is 5. The molecule has 1 amide bonds. The van der Waals surface area contributed by atoms with Gasteiger partial charge in [0.1, 0.15) is 11.3 Å². The van der Waals surface area contributed by atoms with Crippen molar-refractivity contribution in [2.24, 2.45) is 5.92 Å². The van der Waals surface area contributed by atoms with Crippen molar-refractivity contribution in [1.82, 2.24) is 24.3 Å². The van der Waals surface area contributed by atoms with Gasteiger partial charge >= 0.3 is 0 Å². The van der Waals surface area contributed by atoms with E-state index in [1.165, 1.54) is 11.1 Å². The maximum atomic E-state index is 12.9. The molecule has 186 valence electrons. The number of benzene rings is 1. The first kappa shape index (κ1) is 23.8. The number of carbonyl (C=O) groups excluding carboxylic acids is 1. The molecule has 0 bridgehead atoms. The van der Waals surface area contributed by atoms with Gasteiger partial charge in [0, 0.05) is 49.5 Å². The van der Waals surface area contributed by atoms with Crippen LogP contribution in [0, 0.1) is 26.7 Å². The molecule has 0 spiro atoms. The minimum absolute atomic E-state index is 0.202. The molecule has 2 fully saturated rings. The minimum atomic E-state index is 0.202. The Bertz CT molecular complexity index is 1180. The molecular weight excluding hydrogens is 436 g/mol. The summed E-state index contributed by atoms with van der Waals surface area (Å²) in [5, 5.41) is 3.70. The average molecular weight is 475 g/mol. The Labute approximate surface area is 208 Å². The number of aryl methyl sites for hydroxylation is 3. The quantitative estimate of drug-likeness (QED) is 0.602. The molecule has 3 heterocycles. The monoisotopic (exact) mass is 474 g/mol. The zero-order valence-electron chi connectivity index (χ0n) is 21.5. The number of imidazole rings is 1. The van der Waals surface area contributed by atoms with Crippen LogP contribution < -0.4 is 5.32 Å². The van der Waals surface area contributed by atoms with Gasteiger partial charge in [0.05, 0.1) is 6.54 Å². The first-order valence-electron chi connectivity index (χ1n) is 13.0. The number of piperazine rings is 1. The molecular formula is C28H38N6O. The van der Waals surface area contributed by atoms with Crippen molar-refractivity contribution in [2.45, 2.75) is 59.0 Å². The zero-order chi connectivity index (χ0) is 24.5. The van der Waals surface area contributed by atoms with Gasteiger partial charge in [0.25, 0.3) is 0 Å². The summed E-state index contributed by atoms with van der Waals surface area (Å²) in [4.78, 5) is 26.8. The van der Waals surface area contributed by atoms with Gasteiger partial charge in [-0.3, -0.25) is 4.79 Å². The zero-order valence-corrected chi connectivity index (χ0v) is 21.5. The Kier molecular flexibility index (Phi) is 6.78. The van der Waals surface area contributed by atoms with Crippen LogP contribution in [0.1, 0.15) is 48.3 Å². The first-order chi connectivity index (χ1) is 16.9. The number of hydrogen-bond acceptors (Lipinski definition) is 5. The molecule has 7 heteroatoms. The summed E-state index contributed by atoms with van der Waals surface area (Å²) in [7, 11) is 2.13. The van der Waals surface area contributed by atoms with Gasteiger partial charge in [-0.05, 0) is 82.8 Å². The summed E-state index contributed by atoms with van der Waals surface area (Å²) in [6.45, 7) is 10.7. The smallest absolute Gasteiger partial charge is 0.225 e. The van der Waals surface area contributed by atoms with Crippen LogP contribution in [0.4, 0.5) is 5.69 Å². The van der Waals surface area contributed by atoms with Crippen LogP contribution in [-0.4, -0.2) is 69.5 Å². The summed E-state index contributed by atoms with van der Waals surface area (Å²) >= 11 is 0. The van der Waals surface area contributed by atoms with E-state index in [0.717, 1.165) is 86.8 Å². The van der Waals surface area contributed by atoms with Crippen molar-refractivity contribution in [3.8, 4) is 0 Å². The Hall–Kier alpha value is -2.93. The Morgan fingerprint density at radius 2 is 1.66 bits per heavy atom. The maximum absolute atomic E-state index is 12.9. The number of hydrogen-bond donors (Lipinski definition) is 1. The molecule has 0 atom stereocenters. The maximum Gasteiger partial charge on any atom is 0.225 e. The topological polar surface area (TPSA) is 66.3 Å². The van der Waals surface area contributed by atoms with Gasteiger partial charge in [0.15, 0.2) is 5.65 Å². The molecule has 1 saturated heterocycles. The van der Waals surface area contributed by atoms with E-state index >= 15 is 0 Å². The minimum Gasteiger partial charge on any atom is -0.382 e. The third-order valence-corrected chi connectivity index (χ3v) is 7.77. The number of carbonyl (C=O) groups is 1. The summed E-state index contributed by atoms with van der Waals surface area (Å²) in [5.74, 6) is 1.57. The fraction of sp³-hybridized carbons (Fsp3) is 0.536. The highest BCUT2D eigenvalue weighted by Crippen LogP contribution is 2.29. The lowest BCUT2D eigenvalue weighted by Gasteiger charge is -2.36. The van der Waals surface area contributed by atoms with Crippen LogP contribution >= 0.6 is 0 Å². The molecule has 1 N–H and O–H groups in total. The molecule has 0 radical (unpaired) electrons. The van der Waals surface area contributed by atoms with Crippen molar-refractivity contribution >= 4 is 22.8 Å². The van der Waals surface area contributed by atoms with Crippen LogP contribution in [0.25, 0.3) is 11.2 Å². The van der Waals surface area contributed by atoms with E-state index in [-0.39, 0.29) is 5.92 Å². The molecule has 7 nitrogen and oxygen atoms in total. The van der Waals surface area contributed by atoms with Gasteiger partial charge in [-0.2, -0.15) is 0 Å². The van der Waals surface area contributed by atoms with Crippen LogP contribution in [0.5, 0.6) is 0 Å². The van der Waals surface area contributed by atoms with Crippen molar-refractivity contribution in [3.63, 3.8) is 0 Å². The van der Waals surface area contributed by atoms with Gasteiger partial charge in [0.2, 0.25) is 5.91 Å². The predicted molar refractivity (Wildman–Crippen MR) is 141 cm³/mol. The summed E-state index contributed by atoms with van der Waals surface area (Å²) in [5.41, 5.74) is 6.54. The Morgan fingerprint density at radius 1 is 0.971 bits per heavy atom. The molecule has 2 aliphatic rings. The van der Waals surface area contributed by atoms with E-state index in [4.69, 9.17) is 9.97 Å². The number of anilines is 1. The molecule has 35 heavy (non-hydrogen) atoms. The number of likely N-dealkylation sites (N-methyl/N-ethyl adjacent to an activating group) is 1. The molecule has 3 aromatic rings. The fourth-order valence-electron chi connectivity index (χ4n) is 5.60. The van der Waals surface area contributed by atoms with Gasteiger partial charge in [-0.1, -0.05) is 12.1 Å². The average Bonchev–Trinajstić information content (AvgIpc) is 3.16. The first-order valence-corrected chi connectivity index (χ1v) is 13.0. The number of fused-ring (bicyclic) bond motifs is 1. The molecule has 0 unspecified atom stereocenters. The molecule has 2 aromatic heterocycles. The lowest BCUT2D eigenvalue weighted by molar-refractivity contribution is -0.138. The highest BCUT2D eigenvalue weighted by Gasteiger charge is 2.30. The van der Waals surface area contributed by atoms with Gasteiger partial charge < -0.3 is 19.7 Å². The third-order valence-electron chi connectivity index (χ3n) is 7.77. The van der Waals surface area contributed by atoms with Crippen molar-refractivity contribution in [2.75, 3.05) is 38.5 Å². The highest BCUT2D eigenvalue weighted by atomic mass is 16.2. The summed E-state index contributed by atoms with van der Waals surface area (Å²) < 4.78 is 2.20. The number of nitrogens with zero attached hydrogens (tertiary/aromatic N) is 5. The van der Waals surface area contributed by atoms with E-state index in [1.807, 2.05) is 6.92 Å². The van der Waals surface area contributed by atoms with Crippen LogP contribution in [0.15, 0.2) is 30.3 Å². The van der Waals surface area contributed by atoms with Crippen molar-refractivity contribution in [1.29, 1.82) is 0 Å². The Morgan fingerprint density at radius 3 is 2.34 bits per heavy atom. The normalized spacial score (nSPS) is 21.4. The summed E-state index contributed by atoms with van der Waals surface area (Å²) in [6, 6.07) is 11.3. The lowest BCUT2D eigenvalue weighted by Crippen LogP contribution is -2.49. The standard InChI is InChI=1S/C28H38N6O/c1-19-17-20(2)29-27-26(19)30-21(3)34(27)18-22-5-9-24(10-6-22)31-25-11-7-23(8-12-25)28(35)33-15-13-32(4)14-16-33/h5-6,9-10,17,23,25,31H,7-8,11-16,18H2,1-4H3/t23-,25+. The molecule has 5 rings (SSSR count). The number of amides is 1. The second-order valence-corrected chi connectivity index (χ2v) is 10.5. The van der Waals surface area contributed by atoms with E-state index in [1.54, 1.807) is 0 Å². The molecule has 1 aliphatic heterocycles. The fourth-order valence-corrected chi connectivity index (χ4v) is 5.60. The number of aromatic nitrogens is 3. The van der Waals surface area contributed by atoms with Crippen LogP contribution in [-0.2, 0) is 11.3 Å². The summed E-state index contributed by atoms with van der Waals surface area (Å²) in [6.07, 6.45) is 4.08. The van der Waals surface area contributed by atoms with E-state index in [2.05, 4.69) is 70.9 Å². The van der Waals surface area contributed by atoms with E-state index in [0.29, 0.717) is 11.9 Å². The molecule has 1 aliphatic carbocycles. The van der Waals surface area contributed by atoms with Crippen LogP contribution in [0.3, 0.4) is 0 Å². The van der Waals surface area contributed by atoms with E-state index < -0.39 is 0 Å². The van der Waals surface area contributed by atoms with Crippen molar-refractivity contribution < 1.29 is 4.79 Å². The second-order valence-electron chi connectivity index (χ2n) is 10.5. The van der Waals surface area contributed by atoms with Gasteiger partial charge in [-0.15, -0.1) is 0 Å². The molecule has 1 saturated carbocycles. The Balaban J connectivity index is 1.16. The molecule has 1 aromatic carbocycles. The number of nitrogens with one attached hydrogen (secondary N) is 1. The predicted octanol–water partition coefficient (Wildman–Crippen LogP) is 4.15. The van der Waals surface area contributed by atoms with Gasteiger partial charge in [-0.25, -0.2) is 9.97 Å². The third kappa shape index (κ3) is 5.20. The van der Waals surface area contributed by atoms with Crippen LogP contribution in [0.2, 0.25) is 0 Å².